The number of benzene rings is 2. The number of nitrogens with zero attached hydrogens (tertiary/aromatic N) is 2. The molecule has 4 aromatic rings. The Morgan fingerprint density at radius 1 is 1.12 bits per heavy atom. The molecule has 1 fully saturated rings. The molecule has 1 aliphatic rings. The van der Waals surface area contributed by atoms with Crippen LogP contribution in [0, 0.1) is 12.8 Å². The molecular formula is C27H28N4O2. The lowest BCUT2D eigenvalue weighted by Crippen LogP contribution is -2.34. The molecule has 6 heteroatoms. The standard InChI is InChI=1S/C27H28N4O2/c1-18-14-29-26-25(18)24(12-13-28-26)33-21-10-8-20(9-11-21)22-16-31(2)17-23(22)27(32)30-15-19-6-4-3-5-7-19/h3-14,22-23H,15-17H2,1-2H3,(H,28,29)(H,30,32). The maximum atomic E-state index is 13.0. The number of H-pyrrole nitrogens is 1. The Kier molecular flexibility index (Phi) is 5.84. The highest BCUT2D eigenvalue weighted by Crippen LogP contribution is 2.35. The molecule has 6 nitrogen and oxygen atoms in total. The number of carbonyl (C=O) groups is 1. The van der Waals surface area contributed by atoms with Crippen LogP contribution in [0.4, 0.5) is 0 Å². The Bertz CT molecular complexity index is 1250. The van der Waals surface area contributed by atoms with Crippen LogP contribution in [0.1, 0.15) is 22.6 Å². The maximum Gasteiger partial charge on any atom is 0.225 e. The topological polar surface area (TPSA) is 70.2 Å². The van der Waals surface area contributed by atoms with Gasteiger partial charge in [-0.3, -0.25) is 4.79 Å². The largest absolute Gasteiger partial charge is 0.457 e. The van der Waals surface area contributed by atoms with Crippen molar-refractivity contribution in [2.75, 3.05) is 20.1 Å². The normalized spacial score (nSPS) is 18.5. The lowest BCUT2D eigenvalue weighted by molar-refractivity contribution is -0.125. The van der Waals surface area contributed by atoms with Crippen molar-refractivity contribution in [1.82, 2.24) is 20.2 Å². The minimum Gasteiger partial charge on any atom is -0.457 e. The van der Waals surface area contributed by atoms with E-state index in [1.54, 1.807) is 6.20 Å². The monoisotopic (exact) mass is 440 g/mol. The molecule has 2 atom stereocenters. The van der Waals surface area contributed by atoms with Gasteiger partial charge in [0.1, 0.15) is 17.1 Å². The fraction of sp³-hybridized carbons (Fsp3) is 0.259. The minimum absolute atomic E-state index is 0.0761. The van der Waals surface area contributed by atoms with Crippen molar-refractivity contribution < 1.29 is 9.53 Å². The molecule has 0 spiro atoms. The van der Waals surface area contributed by atoms with Gasteiger partial charge in [-0.25, -0.2) is 4.98 Å². The van der Waals surface area contributed by atoms with Crippen LogP contribution < -0.4 is 10.1 Å². The number of ether oxygens (including phenoxy) is 1. The maximum absolute atomic E-state index is 13.0. The fourth-order valence-electron chi connectivity index (χ4n) is 4.70. The van der Waals surface area contributed by atoms with E-state index >= 15 is 0 Å². The van der Waals surface area contributed by atoms with Crippen LogP contribution in [0.25, 0.3) is 11.0 Å². The highest BCUT2D eigenvalue weighted by atomic mass is 16.5. The first-order valence-corrected chi connectivity index (χ1v) is 11.3. The van der Waals surface area contributed by atoms with E-state index in [9.17, 15) is 4.79 Å². The number of pyridine rings is 1. The number of aromatic amines is 1. The van der Waals surface area contributed by atoms with Crippen LogP contribution in [0.15, 0.2) is 73.1 Å². The first kappa shape index (κ1) is 21.2. The summed E-state index contributed by atoms with van der Waals surface area (Å²) < 4.78 is 6.18. The predicted molar refractivity (Wildman–Crippen MR) is 129 cm³/mol. The molecule has 5 rings (SSSR count). The molecule has 3 heterocycles. The SMILES string of the molecule is Cc1c[nH]c2nccc(Oc3ccc(C4CN(C)CC4C(=O)NCc4ccccc4)cc3)c12. The highest BCUT2D eigenvalue weighted by molar-refractivity contribution is 5.86. The zero-order chi connectivity index (χ0) is 22.8. The number of hydrogen-bond donors (Lipinski definition) is 2. The van der Waals surface area contributed by atoms with Crippen LogP contribution in [-0.2, 0) is 11.3 Å². The Morgan fingerprint density at radius 3 is 2.70 bits per heavy atom. The van der Waals surface area contributed by atoms with Crippen LogP contribution in [0.5, 0.6) is 11.5 Å². The Balaban J connectivity index is 1.30. The number of aryl methyl sites for hydroxylation is 1. The van der Waals surface area contributed by atoms with Gasteiger partial charge < -0.3 is 19.9 Å². The van der Waals surface area contributed by atoms with Crippen molar-refractivity contribution in [3.8, 4) is 11.5 Å². The summed E-state index contributed by atoms with van der Waals surface area (Å²) in [5.41, 5.74) is 4.19. The van der Waals surface area contributed by atoms with E-state index in [0.717, 1.165) is 52.3 Å². The van der Waals surface area contributed by atoms with E-state index in [1.165, 1.54) is 0 Å². The van der Waals surface area contributed by atoms with Crippen LogP contribution >= 0.6 is 0 Å². The summed E-state index contributed by atoms with van der Waals surface area (Å²) in [6, 6.07) is 20.1. The van der Waals surface area contributed by atoms with E-state index in [4.69, 9.17) is 4.74 Å². The number of rotatable bonds is 6. The fourth-order valence-corrected chi connectivity index (χ4v) is 4.70. The van der Waals surface area contributed by atoms with Gasteiger partial charge >= 0.3 is 0 Å². The third-order valence-electron chi connectivity index (χ3n) is 6.42. The van der Waals surface area contributed by atoms with Gasteiger partial charge in [-0.15, -0.1) is 0 Å². The molecule has 2 aromatic heterocycles. The number of carbonyl (C=O) groups excluding carboxylic acids is 1. The molecular weight excluding hydrogens is 412 g/mol. The number of fused-ring (bicyclic) bond motifs is 1. The van der Waals surface area contributed by atoms with Gasteiger partial charge in [0.05, 0.1) is 11.3 Å². The number of aromatic nitrogens is 2. The van der Waals surface area contributed by atoms with Gasteiger partial charge in [0.2, 0.25) is 5.91 Å². The first-order valence-electron chi connectivity index (χ1n) is 11.3. The molecule has 0 aliphatic carbocycles. The second-order valence-corrected chi connectivity index (χ2v) is 8.81. The molecule has 2 unspecified atom stereocenters. The quantitative estimate of drug-likeness (QED) is 0.459. The number of likely N-dealkylation sites (N-methyl/N-ethyl adjacent to an activating group) is 1. The van der Waals surface area contributed by atoms with Crippen molar-refractivity contribution in [3.05, 3.63) is 89.7 Å². The van der Waals surface area contributed by atoms with Gasteiger partial charge in [0.25, 0.3) is 0 Å². The summed E-state index contributed by atoms with van der Waals surface area (Å²) in [5, 5.41) is 4.12. The minimum atomic E-state index is -0.0761. The number of likely N-dealkylation sites (tertiary alicyclic amines) is 1. The van der Waals surface area contributed by atoms with Crippen LogP contribution in [-0.4, -0.2) is 40.9 Å². The summed E-state index contributed by atoms with van der Waals surface area (Å²) >= 11 is 0. The van der Waals surface area contributed by atoms with Gasteiger partial charge in [-0.1, -0.05) is 42.5 Å². The summed E-state index contributed by atoms with van der Waals surface area (Å²) in [5.74, 6) is 1.73. The number of amides is 1. The zero-order valence-corrected chi connectivity index (χ0v) is 18.9. The molecule has 2 aromatic carbocycles. The second-order valence-electron chi connectivity index (χ2n) is 8.81. The van der Waals surface area contributed by atoms with E-state index in [1.807, 2.05) is 61.7 Å². The van der Waals surface area contributed by atoms with Crippen molar-refractivity contribution in [2.24, 2.45) is 5.92 Å². The summed E-state index contributed by atoms with van der Waals surface area (Å²) in [6.45, 7) is 4.21. The smallest absolute Gasteiger partial charge is 0.225 e. The molecule has 1 aliphatic heterocycles. The molecule has 1 amide bonds. The van der Waals surface area contributed by atoms with Gasteiger partial charge in [-0.05, 0) is 48.9 Å². The van der Waals surface area contributed by atoms with Crippen molar-refractivity contribution in [2.45, 2.75) is 19.4 Å². The third-order valence-corrected chi connectivity index (χ3v) is 6.42. The average molecular weight is 441 g/mol. The van der Waals surface area contributed by atoms with E-state index in [0.29, 0.717) is 6.54 Å². The molecule has 0 bridgehead atoms. The summed E-state index contributed by atoms with van der Waals surface area (Å²) in [6.07, 6.45) is 3.68. The number of nitrogens with one attached hydrogen (secondary N) is 2. The van der Waals surface area contributed by atoms with Gasteiger partial charge in [0.15, 0.2) is 0 Å². The molecule has 0 radical (unpaired) electrons. The van der Waals surface area contributed by atoms with Crippen molar-refractivity contribution in [1.29, 1.82) is 0 Å². The van der Waals surface area contributed by atoms with Gasteiger partial charge in [-0.2, -0.15) is 0 Å². The Morgan fingerprint density at radius 2 is 1.91 bits per heavy atom. The summed E-state index contributed by atoms with van der Waals surface area (Å²) in [7, 11) is 2.07. The summed E-state index contributed by atoms with van der Waals surface area (Å²) in [4.78, 5) is 22.8. The molecule has 1 saturated heterocycles. The van der Waals surface area contributed by atoms with Crippen LogP contribution in [0.3, 0.4) is 0 Å². The van der Waals surface area contributed by atoms with Crippen LogP contribution in [0.2, 0.25) is 0 Å². The predicted octanol–water partition coefficient (Wildman–Crippen LogP) is 4.63. The average Bonchev–Trinajstić information content (AvgIpc) is 3.42. The van der Waals surface area contributed by atoms with Gasteiger partial charge in [0, 0.05) is 37.9 Å². The molecule has 2 N–H and O–H groups in total. The van der Waals surface area contributed by atoms with E-state index in [2.05, 4.69) is 39.4 Å². The second kappa shape index (κ2) is 9.08. The Hall–Kier alpha value is -3.64. The van der Waals surface area contributed by atoms with Crippen molar-refractivity contribution in [3.63, 3.8) is 0 Å². The lowest BCUT2D eigenvalue weighted by atomic mass is 9.88. The molecule has 168 valence electrons. The Labute approximate surface area is 193 Å². The lowest BCUT2D eigenvalue weighted by Gasteiger charge is -2.19. The van der Waals surface area contributed by atoms with Crippen molar-refractivity contribution >= 4 is 16.9 Å². The molecule has 33 heavy (non-hydrogen) atoms. The first-order chi connectivity index (χ1) is 16.1. The van der Waals surface area contributed by atoms with E-state index in [-0.39, 0.29) is 17.7 Å². The highest BCUT2D eigenvalue weighted by Gasteiger charge is 2.36. The molecule has 0 saturated carbocycles. The zero-order valence-electron chi connectivity index (χ0n) is 18.9. The third kappa shape index (κ3) is 4.47. The number of hydrogen-bond acceptors (Lipinski definition) is 4. The van der Waals surface area contributed by atoms with E-state index < -0.39 is 0 Å².